The minimum Gasteiger partial charge on any atom is -0.493 e. The van der Waals surface area contributed by atoms with Crippen LogP contribution in [0.25, 0.3) is 16.9 Å². The third-order valence-corrected chi connectivity index (χ3v) is 5.02. The minimum absolute atomic E-state index is 0.351. The molecule has 0 saturated heterocycles. The summed E-state index contributed by atoms with van der Waals surface area (Å²) in [7, 11) is 3.10. The quantitative estimate of drug-likeness (QED) is 0.382. The third kappa shape index (κ3) is 4.83. The van der Waals surface area contributed by atoms with Crippen LogP contribution in [-0.2, 0) is 0 Å². The molecular formula is C25H23N5O4. The number of methoxy groups -OCH3 is 2. The van der Waals surface area contributed by atoms with E-state index in [1.165, 1.54) is 0 Å². The number of hydrogen-bond acceptors (Lipinski definition) is 5. The van der Waals surface area contributed by atoms with Gasteiger partial charge < -0.3 is 25.8 Å². The number of urea groups is 1. The summed E-state index contributed by atoms with van der Waals surface area (Å²) < 4.78 is 12.4. The summed E-state index contributed by atoms with van der Waals surface area (Å²) in [5.41, 5.74) is 8.44. The number of amides is 3. The van der Waals surface area contributed by atoms with Crippen molar-refractivity contribution in [2.75, 3.05) is 24.9 Å². The smallest absolute Gasteiger partial charge is 0.316 e. The summed E-state index contributed by atoms with van der Waals surface area (Å²) in [4.78, 5) is 24.5. The van der Waals surface area contributed by atoms with Gasteiger partial charge in [0.15, 0.2) is 11.5 Å². The summed E-state index contributed by atoms with van der Waals surface area (Å²) in [6.07, 6.45) is 1.67. The first-order chi connectivity index (χ1) is 16.5. The van der Waals surface area contributed by atoms with Gasteiger partial charge in [0.25, 0.3) is 5.91 Å². The Morgan fingerprint density at radius 1 is 0.853 bits per heavy atom. The monoisotopic (exact) mass is 457 g/mol. The molecule has 9 nitrogen and oxygen atoms in total. The van der Waals surface area contributed by atoms with E-state index in [1.54, 1.807) is 61.5 Å². The zero-order valence-corrected chi connectivity index (χ0v) is 18.6. The van der Waals surface area contributed by atoms with Crippen LogP contribution in [-0.4, -0.2) is 35.9 Å². The van der Waals surface area contributed by atoms with Crippen LogP contribution in [0.3, 0.4) is 0 Å². The van der Waals surface area contributed by atoms with E-state index >= 15 is 0 Å². The van der Waals surface area contributed by atoms with Crippen molar-refractivity contribution in [3.63, 3.8) is 0 Å². The first-order valence-electron chi connectivity index (χ1n) is 10.3. The second-order valence-electron chi connectivity index (χ2n) is 7.27. The molecular weight excluding hydrogens is 434 g/mol. The molecule has 0 saturated carbocycles. The zero-order valence-electron chi connectivity index (χ0n) is 18.6. The first kappa shape index (κ1) is 22.4. The van der Waals surface area contributed by atoms with Gasteiger partial charge in [0.1, 0.15) is 5.69 Å². The fraction of sp³-hybridized carbons (Fsp3) is 0.0800. The fourth-order valence-corrected chi connectivity index (χ4v) is 3.47. The molecule has 0 spiro atoms. The van der Waals surface area contributed by atoms with Crippen molar-refractivity contribution in [2.24, 2.45) is 5.73 Å². The van der Waals surface area contributed by atoms with Crippen molar-refractivity contribution in [3.05, 3.63) is 84.6 Å². The maximum absolute atomic E-state index is 13.3. The third-order valence-electron chi connectivity index (χ3n) is 5.02. The second-order valence-corrected chi connectivity index (χ2v) is 7.27. The fourth-order valence-electron chi connectivity index (χ4n) is 3.47. The Morgan fingerprint density at radius 2 is 1.56 bits per heavy atom. The average Bonchev–Trinajstić information content (AvgIpc) is 3.30. The molecule has 0 bridgehead atoms. The lowest BCUT2D eigenvalue weighted by atomic mass is 10.1. The highest BCUT2D eigenvalue weighted by atomic mass is 16.5. The molecule has 0 fully saturated rings. The molecule has 0 atom stereocenters. The molecule has 0 radical (unpaired) electrons. The zero-order chi connectivity index (χ0) is 24.1. The van der Waals surface area contributed by atoms with E-state index in [0.717, 1.165) is 5.69 Å². The first-order valence-corrected chi connectivity index (χ1v) is 10.3. The molecule has 34 heavy (non-hydrogen) atoms. The van der Waals surface area contributed by atoms with E-state index < -0.39 is 6.03 Å². The van der Waals surface area contributed by atoms with Gasteiger partial charge in [-0.15, -0.1) is 0 Å². The van der Waals surface area contributed by atoms with Gasteiger partial charge in [0.05, 0.1) is 25.5 Å². The van der Waals surface area contributed by atoms with Crippen molar-refractivity contribution < 1.29 is 19.1 Å². The number of hydrogen-bond donors (Lipinski definition) is 3. The van der Waals surface area contributed by atoms with Crippen LogP contribution < -0.4 is 25.8 Å². The van der Waals surface area contributed by atoms with Crippen molar-refractivity contribution in [1.82, 2.24) is 9.78 Å². The molecule has 0 unspecified atom stereocenters. The Morgan fingerprint density at radius 3 is 2.24 bits per heavy atom. The molecule has 172 valence electrons. The number of carbonyl (C=O) groups excluding carboxylic acids is 2. The van der Waals surface area contributed by atoms with E-state index in [-0.39, 0.29) is 5.91 Å². The van der Waals surface area contributed by atoms with Crippen LogP contribution in [0.2, 0.25) is 0 Å². The van der Waals surface area contributed by atoms with Crippen molar-refractivity contribution in [1.29, 1.82) is 0 Å². The normalized spacial score (nSPS) is 10.4. The van der Waals surface area contributed by atoms with Gasteiger partial charge in [0.2, 0.25) is 0 Å². The Hall–Kier alpha value is -4.79. The molecule has 4 aromatic rings. The van der Waals surface area contributed by atoms with Gasteiger partial charge >= 0.3 is 6.03 Å². The lowest BCUT2D eigenvalue weighted by Gasteiger charge is -2.10. The summed E-state index contributed by atoms with van der Waals surface area (Å²) in [5.74, 6) is 0.715. The molecule has 0 aliphatic carbocycles. The number of primary amides is 1. The SMILES string of the molecule is COc1ccc(-c2nn(-c3ccccc3)cc2C(=O)Nc2cccc(NC(N)=O)c2)cc1OC. The number of rotatable bonds is 7. The largest absolute Gasteiger partial charge is 0.493 e. The number of ether oxygens (including phenoxy) is 2. The Kier molecular flexibility index (Phi) is 6.45. The Bertz CT molecular complexity index is 1330. The van der Waals surface area contributed by atoms with Crippen molar-refractivity contribution in [3.8, 4) is 28.4 Å². The molecule has 1 heterocycles. The van der Waals surface area contributed by atoms with E-state index in [9.17, 15) is 9.59 Å². The number of nitrogens with one attached hydrogen (secondary N) is 2. The molecule has 1 aromatic heterocycles. The highest BCUT2D eigenvalue weighted by Gasteiger charge is 2.20. The van der Waals surface area contributed by atoms with Crippen LogP contribution in [0.15, 0.2) is 79.0 Å². The number of anilines is 2. The second kappa shape index (κ2) is 9.78. The van der Waals surface area contributed by atoms with Gasteiger partial charge in [-0.2, -0.15) is 5.10 Å². The highest BCUT2D eigenvalue weighted by Crippen LogP contribution is 2.33. The van der Waals surface area contributed by atoms with Gasteiger partial charge in [-0.1, -0.05) is 24.3 Å². The summed E-state index contributed by atoms with van der Waals surface area (Å²) in [6, 6.07) is 20.8. The summed E-state index contributed by atoms with van der Waals surface area (Å²) >= 11 is 0. The van der Waals surface area contributed by atoms with Gasteiger partial charge in [-0.3, -0.25) is 4.79 Å². The van der Waals surface area contributed by atoms with Gasteiger partial charge in [-0.05, 0) is 48.5 Å². The van der Waals surface area contributed by atoms with Crippen LogP contribution in [0.1, 0.15) is 10.4 Å². The summed E-state index contributed by atoms with van der Waals surface area (Å²) in [5, 5.41) is 10.0. The number of nitrogens with zero attached hydrogens (tertiary/aromatic N) is 2. The molecule has 9 heteroatoms. The minimum atomic E-state index is -0.691. The lowest BCUT2D eigenvalue weighted by molar-refractivity contribution is 0.102. The average molecular weight is 457 g/mol. The van der Waals surface area contributed by atoms with Crippen LogP contribution in [0.5, 0.6) is 11.5 Å². The highest BCUT2D eigenvalue weighted by molar-refractivity contribution is 6.08. The van der Waals surface area contributed by atoms with Gasteiger partial charge in [-0.25, -0.2) is 9.48 Å². The Balaban J connectivity index is 1.74. The molecule has 3 aromatic carbocycles. The predicted molar refractivity (Wildman–Crippen MR) is 130 cm³/mol. The maximum Gasteiger partial charge on any atom is 0.316 e. The van der Waals surface area contributed by atoms with Crippen LogP contribution in [0, 0.1) is 0 Å². The standard InChI is InChI=1S/C25H23N5O4/c1-33-21-12-11-16(13-22(21)34-2)23-20(15-30(29-23)19-9-4-3-5-10-19)24(31)27-17-7-6-8-18(14-17)28-25(26)32/h3-15H,1-2H3,(H,27,31)(H3,26,28,32). The van der Waals surface area contributed by atoms with Gasteiger partial charge in [0, 0.05) is 23.1 Å². The molecule has 0 aliphatic heterocycles. The molecule has 4 rings (SSSR count). The molecule has 0 aliphatic rings. The van der Waals surface area contributed by atoms with E-state index in [2.05, 4.69) is 15.7 Å². The molecule has 3 amide bonds. The number of nitrogens with two attached hydrogens (primary N) is 1. The van der Waals surface area contributed by atoms with Crippen LogP contribution >= 0.6 is 0 Å². The van der Waals surface area contributed by atoms with Crippen LogP contribution in [0.4, 0.5) is 16.2 Å². The number of aromatic nitrogens is 2. The Labute approximate surface area is 196 Å². The topological polar surface area (TPSA) is 121 Å². The number of benzene rings is 3. The maximum atomic E-state index is 13.3. The van der Waals surface area contributed by atoms with E-state index in [4.69, 9.17) is 15.2 Å². The molecule has 4 N–H and O–H groups in total. The van der Waals surface area contributed by atoms with E-state index in [1.807, 2.05) is 36.4 Å². The summed E-state index contributed by atoms with van der Waals surface area (Å²) in [6.45, 7) is 0. The van der Waals surface area contributed by atoms with Crippen molar-refractivity contribution >= 4 is 23.3 Å². The number of carbonyl (C=O) groups is 2. The van der Waals surface area contributed by atoms with Crippen molar-refractivity contribution in [2.45, 2.75) is 0 Å². The van der Waals surface area contributed by atoms with E-state index in [0.29, 0.717) is 39.7 Å². The number of para-hydroxylation sites is 1. The predicted octanol–water partition coefficient (Wildman–Crippen LogP) is 4.30. The lowest BCUT2D eigenvalue weighted by Crippen LogP contribution is -2.19.